The molecule has 2 amide bonds. The number of aryl methyl sites for hydroxylation is 3. The third kappa shape index (κ3) is 5.97. The fraction of sp³-hybridized carbons (Fsp3) is 0.250. The molecule has 0 heterocycles. The van der Waals surface area contributed by atoms with Gasteiger partial charge in [-0.15, -0.1) is 0 Å². The van der Waals surface area contributed by atoms with Crippen molar-refractivity contribution >= 4 is 46.7 Å². The molecule has 0 atom stereocenters. The maximum absolute atomic E-state index is 12.1. The van der Waals surface area contributed by atoms with Crippen LogP contribution in [-0.2, 0) is 14.3 Å². The van der Waals surface area contributed by atoms with Crippen molar-refractivity contribution in [2.24, 2.45) is 0 Å². The van der Waals surface area contributed by atoms with Gasteiger partial charge in [-0.05, 0) is 50.1 Å². The highest BCUT2D eigenvalue weighted by molar-refractivity contribution is 6.36. The molecular formula is C20H20Cl2N2O4. The largest absolute Gasteiger partial charge is 0.452 e. The van der Waals surface area contributed by atoms with E-state index in [1.807, 2.05) is 32.9 Å². The van der Waals surface area contributed by atoms with Crippen LogP contribution in [0.4, 0.5) is 5.69 Å². The Morgan fingerprint density at radius 3 is 2.21 bits per heavy atom. The van der Waals surface area contributed by atoms with Gasteiger partial charge in [0.05, 0.1) is 17.1 Å². The van der Waals surface area contributed by atoms with Crippen molar-refractivity contribution in [2.75, 3.05) is 18.5 Å². The number of rotatable bonds is 6. The third-order valence-corrected chi connectivity index (χ3v) is 4.42. The van der Waals surface area contributed by atoms with Gasteiger partial charge < -0.3 is 15.4 Å². The van der Waals surface area contributed by atoms with Gasteiger partial charge in [-0.2, -0.15) is 0 Å². The molecule has 0 saturated carbocycles. The van der Waals surface area contributed by atoms with Crippen molar-refractivity contribution in [3.8, 4) is 0 Å². The first kappa shape index (κ1) is 21.7. The van der Waals surface area contributed by atoms with Crippen LogP contribution in [0.15, 0.2) is 30.3 Å². The number of carbonyl (C=O) groups excluding carboxylic acids is 3. The molecule has 0 aliphatic rings. The molecule has 0 saturated heterocycles. The number of carbonyl (C=O) groups is 3. The molecule has 0 radical (unpaired) electrons. The van der Waals surface area contributed by atoms with Crippen molar-refractivity contribution in [3.63, 3.8) is 0 Å². The van der Waals surface area contributed by atoms with Crippen molar-refractivity contribution in [2.45, 2.75) is 20.8 Å². The van der Waals surface area contributed by atoms with E-state index in [0.29, 0.717) is 10.7 Å². The van der Waals surface area contributed by atoms with E-state index in [1.165, 1.54) is 18.2 Å². The molecule has 2 aromatic carbocycles. The van der Waals surface area contributed by atoms with E-state index in [1.54, 1.807) is 0 Å². The zero-order valence-corrected chi connectivity index (χ0v) is 17.2. The second-order valence-electron chi connectivity index (χ2n) is 6.30. The minimum Gasteiger partial charge on any atom is -0.452 e. The summed E-state index contributed by atoms with van der Waals surface area (Å²) in [5.41, 5.74) is 3.79. The van der Waals surface area contributed by atoms with Gasteiger partial charge in [0.15, 0.2) is 6.61 Å². The van der Waals surface area contributed by atoms with Crippen LogP contribution in [0.2, 0.25) is 10.0 Å². The number of halogens is 2. The molecule has 2 rings (SSSR count). The lowest BCUT2D eigenvalue weighted by molar-refractivity contribution is -0.126. The Bertz CT molecular complexity index is 905. The van der Waals surface area contributed by atoms with E-state index >= 15 is 0 Å². The van der Waals surface area contributed by atoms with Crippen molar-refractivity contribution < 1.29 is 19.1 Å². The minimum atomic E-state index is -0.757. The smallest absolute Gasteiger partial charge is 0.340 e. The van der Waals surface area contributed by atoms with Crippen LogP contribution < -0.4 is 10.6 Å². The molecule has 8 heteroatoms. The van der Waals surface area contributed by atoms with Gasteiger partial charge in [0.25, 0.3) is 5.91 Å². The highest BCUT2D eigenvalue weighted by Crippen LogP contribution is 2.22. The first-order valence-corrected chi connectivity index (χ1v) is 9.19. The molecule has 0 fully saturated rings. The molecule has 0 spiro atoms. The zero-order chi connectivity index (χ0) is 20.8. The van der Waals surface area contributed by atoms with Crippen LogP contribution in [0.25, 0.3) is 0 Å². The number of esters is 1. The second-order valence-corrected chi connectivity index (χ2v) is 7.14. The van der Waals surface area contributed by atoms with E-state index in [4.69, 9.17) is 27.9 Å². The molecule has 2 N–H and O–H groups in total. The SMILES string of the molecule is Cc1cc(C)c(NC(=O)CNC(=O)COC(=O)c2ccc(Cl)cc2Cl)c(C)c1. The first-order chi connectivity index (χ1) is 13.2. The lowest BCUT2D eigenvalue weighted by Crippen LogP contribution is -2.35. The molecule has 28 heavy (non-hydrogen) atoms. The summed E-state index contributed by atoms with van der Waals surface area (Å²) in [6, 6.07) is 8.22. The number of ether oxygens (including phenoxy) is 1. The number of benzene rings is 2. The Kier molecular flexibility index (Phi) is 7.43. The summed E-state index contributed by atoms with van der Waals surface area (Å²) < 4.78 is 4.90. The zero-order valence-electron chi connectivity index (χ0n) is 15.7. The molecule has 0 aromatic heterocycles. The summed E-state index contributed by atoms with van der Waals surface area (Å²) in [5, 5.41) is 5.68. The average molecular weight is 423 g/mol. The van der Waals surface area contributed by atoms with E-state index in [2.05, 4.69) is 10.6 Å². The van der Waals surface area contributed by atoms with Crippen molar-refractivity contribution in [1.29, 1.82) is 0 Å². The van der Waals surface area contributed by atoms with Crippen molar-refractivity contribution in [1.82, 2.24) is 5.32 Å². The van der Waals surface area contributed by atoms with Crippen molar-refractivity contribution in [3.05, 3.63) is 62.6 Å². The number of hydrogen-bond donors (Lipinski definition) is 2. The van der Waals surface area contributed by atoms with Gasteiger partial charge in [-0.3, -0.25) is 9.59 Å². The molecule has 6 nitrogen and oxygen atoms in total. The van der Waals surface area contributed by atoms with Gasteiger partial charge in [0.1, 0.15) is 0 Å². The average Bonchev–Trinajstić information content (AvgIpc) is 2.61. The van der Waals surface area contributed by atoms with Crippen LogP contribution in [0.3, 0.4) is 0 Å². The highest BCUT2D eigenvalue weighted by atomic mass is 35.5. The Morgan fingerprint density at radius 2 is 1.61 bits per heavy atom. The monoisotopic (exact) mass is 422 g/mol. The molecule has 2 aromatic rings. The maximum Gasteiger partial charge on any atom is 0.340 e. The van der Waals surface area contributed by atoms with E-state index < -0.39 is 18.5 Å². The Morgan fingerprint density at radius 1 is 0.964 bits per heavy atom. The molecule has 0 aliphatic heterocycles. The lowest BCUT2D eigenvalue weighted by atomic mass is 10.1. The predicted octanol–water partition coefficient (Wildman–Crippen LogP) is 3.83. The fourth-order valence-corrected chi connectivity index (χ4v) is 3.14. The third-order valence-electron chi connectivity index (χ3n) is 3.87. The van der Waals surface area contributed by atoms with Gasteiger partial charge in [-0.1, -0.05) is 40.9 Å². The van der Waals surface area contributed by atoms with Gasteiger partial charge in [0, 0.05) is 10.7 Å². The topological polar surface area (TPSA) is 84.5 Å². The molecule has 0 aliphatic carbocycles. The van der Waals surface area contributed by atoms with Gasteiger partial charge in [-0.25, -0.2) is 4.79 Å². The first-order valence-electron chi connectivity index (χ1n) is 8.44. The molecule has 0 unspecified atom stereocenters. The summed E-state index contributed by atoms with van der Waals surface area (Å²) in [7, 11) is 0. The van der Waals surface area contributed by atoms with Crippen LogP contribution in [0.1, 0.15) is 27.0 Å². The predicted molar refractivity (Wildman–Crippen MR) is 109 cm³/mol. The normalized spacial score (nSPS) is 10.3. The Balaban J connectivity index is 1.82. The van der Waals surface area contributed by atoms with Gasteiger partial charge in [0.2, 0.25) is 5.91 Å². The van der Waals surface area contributed by atoms with E-state index in [9.17, 15) is 14.4 Å². The standard InChI is InChI=1S/C20H20Cl2N2O4/c1-11-6-12(2)19(13(3)7-11)24-17(25)9-23-18(26)10-28-20(27)15-5-4-14(21)8-16(15)22/h4-8H,9-10H2,1-3H3,(H,23,26)(H,24,25). The highest BCUT2D eigenvalue weighted by Gasteiger charge is 2.15. The molecule has 0 bridgehead atoms. The lowest BCUT2D eigenvalue weighted by Gasteiger charge is -2.13. The molecular weight excluding hydrogens is 403 g/mol. The van der Waals surface area contributed by atoms with Crippen LogP contribution in [-0.4, -0.2) is 30.9 Å². The molecule has 148 valence electrons. The van der Waals surface area contributed by atoms with E-state index in [-0.39, 0.29) is 23.0 Å². The van der Waals surface area contributed by atoms with Gasteiger partial charge >= 0.3 is 5.97 Å². The maximum atomic E-state index is 12.1. The number of amides is 2. The van der Waals surface area contributed by atoms with E-state index in [0.717, 1.165) is 16.7 Å². The summed E-state index contributed by atoms with van der Waals surface area (Å²) >= 11 is 11.7. The Hall–Kier alpha value is -2.57. The quantitative estimate of drug-likeness (QED) is 0.692. The second kappa shape index (κ2) is 9.57. The fourth-order valence-electron chi connectivity index (χ4n) is 2.65. The summed E-state index contributed by atoms with van der Waals surface area (Å²) in [6.45, 7) is 4.99. The summed E-state index contributed by atoms with van der Waals surface area (Å²) in [5.74, 6) is -1.74. The number of nitrogens with one attached hydrogen (secondary N) is 2. The Labute approximate surface area is 173 Å². The number of anilines is 1. The minimum absolute atomic E-state index is 0.0990. The summed E-state index contributed by atoms with van der Waals surface area (Å²) in [6.07, 6.45) is 0. The van der Waals surface area contributed by atoms with Crippen LogP contribution >= 0.6 is 23.2 Å². The number of hydrogen-bond acceptors (Lipinski definition) is 4. The van der Waals surface area contributed by atoms with Crippen LogP contribution in [0, 0.1) is 20.8 Å². The van der Waals surface area contributed by atoms with Crippen LogP contribution in [0.5, 0.6) is 0 Å². The summed E-state index contributed by atoms with van der Waals surface area (Å²) in [4.78, 5) is 35.9.